The standard InChI is InChI=1S/C21H28N4O.ClH/c22-20-9-7-19(8-10-20)21(26)23-11-4-12-24-13-15-25(16-14-24)17-18-5-2-1-3-6-18;/h1-3,5-10H,4,11-17,22H2,(H,23,26);1H. The van der Waals surface area contributed by atoms with E-state index in [9.17, 15) is 4.79 Å². The zero-order valence-corrected chi connectivity index (χ0v) is 16.5. The van der Waals surface area contributed by atoms with Gasteiger partial charge < -0.3 is 16.0 Å². The lowest BCUT2D eigenvalue weighted by Crippen LogP contribution is -2.46. The Morgan fingerprint density at radius 3 is 2.22 bits per heavy atom. The van der Waals surface area contributed by atoms with Gasteiger partial charge in [-0.3, -0.25) is 9.69 Å². The largest absolute Gasteiger partial charge is 0.399 e. The average molecular weight is 389 g/mol. The van der Waals surface area contributed by atoms with Crippen molar-refractivity contribution < 1.29 is 4.79 Å². The predicted molar refractivity (Wildman–Crippen MR) is 113 cm³/mol. The first-order valence-corrected chi connectivity index (χ1v) is 9.33. The van der Waals surface area contributed by atoms with E-state index in [2.05, 4.69) is 45.4 Å². The molecule has 0 radical (unpaired) electrons. The Morgan fingerprint density at radius 1 is 0.926 bits per heavy atom. The number of nitrogens with zero attached hydrogens (tertiary/aromatic N) is 2. The van der Waals surface area contributed by atoms with Crippen molar-refractivity contribution in [1.29, 1.82) is 0 Å². The van der Waals surface area contributed by atoms with Crippen LogP contribution in [0.1, 0.15) is 22.3 Å². The molecule has 5 nitrogen and oxygen atoms in total. The minimum atomic E-state index is -0.0299. The van der Waals surface area contributed by atoms with Crippen molar-refractivity contribution >= 4 is 24.0 Å². The molecule has 1 aliphatic heterocycles. The Kier molecular flexibility index (Phi) is 8.58. The molecule has 0 bridgehead atoms. The van der Waals surface area contributed by atoms with Crippen LogP contribution in [0.15, 0.2) is 54.6 Å². The predicted octanol–water partition coefficient (Wildman–Crippen LogP) is 2.63. The zero-order valence-electron chi connectivity index (χ0n) is 15.6. The summed E-state index contributed by atoms with van der Waals surface area (Å²) in [6.07, 6.45) is 0.972. The number of anilines is 1. The maximum atomic E-state index is 12.1. The van der Waals surface area contributed by atoms with Gasteiger partial charge in [-0.05, 0) is 42.8 Å². The number of carbonyl (C=O) groups excluding carboxylic acids is 1. The molecule has 146 valence electrons. The summed E-state index contributed by atoms with van der Waals surface area (Å²) in [7, 11) is 0. The fourth-order valence-corrected chi connectivity index (χ4v) is 3.25. The summed E-state index contributed by atoms with van der Waals surface area (Å²) in [4.78, 5) is 17.0. The minimum Gasteiger partial charge on any atom is -0.399 e. The maximum absolute atomic E-state index is 12.1. The number of amides is 1. The second-order valence-corrected chi connectivity index (χ2v) is 6.83. The van der Waals surface area contributed by atoms with Crippen molar-refractivity contribution in [3.8, 4) is 0 Å². The van der Waals surface area contributed by atoms with Gasteiger partial charge in [0.1, 0.15) is 0 Å². The van der Waals surface area contributed by atoms with E-state index in [4.69, 9.17) is 5.73 Å². The lowest BCUT2D eigenvalue weighted by Gasteiger charge is -2.34. The molecule has 0 atom stereocenters. The Morgan fingerprint density at radius 2 is 1.56 bits per heavy atom. The van der Waals surface area contributed by atoms with Gasteiger partial charge in [0, 0.05) is 50.5 Å². The summed E-state index contributed by atoms with van der Waals surface area (Å²) in [5.41, 5.74) is 8.36. The summed E-state index contributed by atoms with van der Waals surface area (Å²) in [6.45, 7) is 7.16. The summed E-state index contributed by atoms with van der Waals surface area (Å²) in [6, 6.07) is 17.7. The van der Waals surface area contributed by atoms with Crippen molar-refractivity contribution in [2.45, 2.75) is 13.0 Å². The molecule has 27 heavy (non-hydrogen) atoms. The second-order valence-electron chi connectivity index (χ2n) is 6.83. The van der Waals surface area contributed by atoms with Crippen LogP contribution in [0, 0.1) is 0 Å². The van der Waals surface area contributed by atoms with E-state index in [1.54, 1.807) is 24.3 Å². The third-order valence-corrected chi connectivity index (χ3v) is 4.82. The first-order chi connectivity index (χ1) is 12.7. The third kappa shape index (κ3) is 6.86. The highest BCUT2D eigenvalue weighted by molar-refractivity contribution is 5.94. The molecular weight excluding hydrogens is 360 g/mol. The van der Waals surface area contributed by atoms with Gasteiger partial charge in [-0.15, -0.1) is 12.4 Å². The number of hydrogen-bond donors (Lipinski definition) is 2. The minimum absolute atomic E-state index is 0. The van der Waals surface area contributed by atoms with Crippen LogP contribution in [0.5, 0.6) is 0 Å². The molecule has 3 N–H and O–H groups in total. The second kappa shape index (κ2) is 10.9. The van der Waals surface area contributed by atoms with Crippen LogP contribution >= 0.6 is 12.4 Å². The number of benzene rings is 2. The molecule has 6 heteroatoms. The van der Waals surface area contributed by atoms with E-state index < -0.39 is 0 Å². The van der Waals surface area contributed by atoms with Crippen molar-refractivity contribution in [1.82, 2.24) is 15.1 Å². The molecule has 1 fully saturated rings. The van der Waals surface area contributed by atoms with Gasteiger partial charge >= 0.3 is 0 Å². The van der Waals surface area contributed by atoms with Gasteiger partial charge in [0.15, 0.2) is 0 Å². The normalized spacial score (nSPS) is 15.1. The Hall–Kier alpha value is -2.08. The van der Waals surface area contributed by atoms with Gasteiger partial charge in [0.2, 0.25) is 0 Å². The molecule has 0 unspecified atom stereocenters. The van der Waals surface area contributed by atoms with Crippen LogP contribution < -0.4 is 11.1 Å². The van der Waals surface area contributed by atoms with Crippen molar-refractivity contribution in [3.63, 3.8) is 0 Å². The van der Waals surface area contributed by atoms with Crippen LogP contribution in [0.25, 0.3) is 0 Å². The topological polar surface area (TPSA) is 61.6 Å². The van der Waals surface area contributed by atoms with Gasteiger partial charge in [0.05, 0.1) is 0 Å². The van der Waals surface area contributed by atoms with Crippen LogP contribution in [0.2, 0.25) is 0 Å². The molecular formula is C21H29ClN4O. The van der Waals surface area contributed by atoms with E-state index >= 15 is 0 Å². The van der Waals surface area contributed by atoms with Crippen molar-refractivity contribution in [3.05, 3.63) is 65.7 Å². The Bertz CT molecular complexity index is 685. The van der Waals surface area contributed by atoms with Gasteiger partial charge in [0.25, 0.3) is 5.91 Å². The third-order valence-electron chi connectivity index (χ3n) is 4.82. The molecule has 1 saturated heterocycles. The first-order valence-electron chi connectivity index (χ1n) is 9.33. The van der Waals surface area contributed by atoms with E-state index in [1.807, 2.05) is 0 Å². The molecule has 0 aliphatic carbocycles. The SMILES string of the molecule is Cl.Nc1ccc(C(=O)NCCCN2CCN(Cc3ccccc3)CC2)cc1. The summed E-state index contributed by atoms with van der Waals surface area (Å²) in [5, 5.41) is 2.98. The van der Waals surface area contributed by atoms with Crippen LogP contribution in [-0.4, -0.2) is 55.0 Å². The summed E-state index contributed by atoms with van der Waals surface area (Å²) in [5.74, 6) is -0.0299. The highest BCUT2D eigenvalue weighted by Gasteiger charge is 2.16. The van der Waals surface area contributed by atoms with E-state index in [0.717, 1.165) is 45.7 Å². The smallest absolute Gasteiger partial charge is 0.251 e. The number of nitrogens with two attached hydrogens (primary N) is 1. The number of hydrogen-bond acceptors (Lipinski definition) is 4. The van der Waals surface area contributed by atoms with Crippen molar-refractivity contribution in [2.75, 3.05) is 45.0 Å². The van der Waals surface area contributed by atoms with Crippen LogP contribution in [0.4, 0.5) is 5.69 Å². The fourth-order valence-electron chi connectivity index (χ4n) is 3.25. The van der Waals surface area contributed by atoms with Crippen molar-refractivity contribution in [2.24, 2.45) is 0 Å². The summed E-state index contributed by atoms with van der Waals surface area (Å²) < 4.78 is 0. The molecule has 0 aromatic heterocycles. The number of piperazine rings is 1. The Balaban J connectivity index is 0.00000261. The van der Waals surface area contributed by atoms with E-state index in [-0.39, 0.29) is 18.3 Å². The van der Waals surface area contributed by atoms with Crippen LogP contribution in [0.3, 0.4) is 0 Å². The fraction of sp³-hybridized carbons (Fsp3) is 0.381. The lowest BCUT2D eigenvalue weighted by molar-refractivity contribution is 0.0947. The van der Waals surface area contributed by atoms with Crippen LogP contribution in [-0.2, 0) is 6.54 Å². The van der Waals surface area contributed by atoms with Gasteiger partial charge in [-0.25, -0.2) is 0 Å². The summed E-state index contributed by atoms with van der Waals surface area (Å²) >= 11 is 0. The average Bonchev–Trinajstić information content (AvgIpc) is 2.68. The highest BCUT2D eigenvalue weighted by Crippen LogP contribution is 2.09. The molecule has 2 aromatic carbocycles. The zero-order chi connectivity index (χ0) is 18.2. The number of halogens is 1. The number of carbonyl (C=O) groups is 1. The molecule has 3 rings (SSSR count). The monoisotopic (exact) mass is 388 g/mol. The molecule has 1 heterocycles. The van der Waals surface area contributed by atoms with Gasteiger partial charge in [-0.2, -0.15) is 0 Å². The number of nitrogen functional groups attached to an aromatic ring is 1. The molecule has 0 saturated carbocycles. The van der Waals surface area contributed by atoms with E-state index in [1.165, 1.54) is 5.56 Å². The Labute approximate surface area is 167 Å². The van der Waals surface area contributed by atoms with Gasteiger partial charge in [-0.1, -0.05) is 30.3 Å². The molecule has 1 aliphatic rings. The highest BCUT2D eigenvalue weighted by atomic mass is 35.5. The number of rotatable bonds is 7. The molecule has 0 spiro atoms. The lowest BCUT2D eigenvalue weighted by atomic mass is 10.2. The first kappa shape index (κ1) is 21.2. The quantitative estimate of drug-likeness (QED) is 0.565. The van der Waals surface area contributed by atoms with E-state index in [0.29, 0.717) is 17.8 Å². The molecule has 2 aromatic rings. The number of nitrogens with one attached hydrogen (secondary N) is 1. The molecule has 1 amide bonds. The maximum Gasteiger partial charge on any atom is 0.251 e.